The molecule has 1 aliphatic rings. The van der Waals surface area contributed by atoms with E-state index in [-0.39, 0.29) is 12.5 Å². The van der Waals surface area contributed by atoms with Crippen molar-refractivity contribution in [3.8, 4) is 17.4 Å². The molecule has 0 aliphatic carbocycles. The van der Waals surface area contributed by atoms with E-state index in [1.54, 1.807) is 19.2 Å². The molecule has 2 heterocycles. The zero-order valence-electron chi connectivity index (χ0n) is 14.2. The van der Waals surface area contributed by atoms with Crippen molar-refractivity contribution in [2.45, 2.75) is 13.0 Å². The van der Waals surface area contributed by atoms with Crippen LogP contribution in [0, 0.1) is 6.92 Å². The van der Waals surface area contributed by atoms with E-state index in [1.165, 1.54) is 6.20 Å². The number of nitrogens with one attached hydrogen (secondary N) is 1. The van der Waals surface area contributed by atoms with E-state index in [9.17, 15) is 4.79 Å². The van der Waals surface area contributed by atoms with Crippen molar-refractivity contribution in [2.75, 3.05) is 32.2 Å². The third-order valence-electron chi connectivity index (χ3n) is 3.65. The van der Waals surface area contributed by atoms with Gasteiger partial charge >= 0.3 is 0 Å². The highest BCUT2D eigenvalue weighted by Gasteiger charge is 2.22. The van der Waals surface area contributed by atoms with Crippen LogP contribution in [0.3, 0.4) is 0 Å². The molecule has 0 spiro atoms. The number of methoxy groups -OCH3 is 1. The van der Waals surface area contributed by atoms with Gasteiger partial charge in [-0.2, -0.15) is 0 Å². The summed E-state index contributed by atoms with van der Waals surface area (Å²) in [6, 6.07) is 9.03. The molecule has 1 amide bonds. The second-order valence-electron chi connectivity index (χ2n) is 5.57. The third-order valence-corrected chi connectivity index (χ3v) is 3.65. The first kappa shape index (κ1) is 17.2. The Morgan fingerprint density at radius 1 is 1.24 bits per heavy atom. The number of carbonyl (C=O) groups is 1. The Balaban J connectivity index is 1.63. The number of hydrogen-bond donors (Lipinski definition) is 1. The van der Waals surface area contributed by atoms with Crippen molar-refractivity contribution in [1.29, 1.82) is 0 Å². The van der Waals surface area contributed by atoms with Gasteiger partial charge < -0.3 is 24.3 Å². The summed E-state index contributed by atoms with van der Waals surface area (Å²) in [5.74, 6) is 1.35. The number of hydrogen-bond acceptors (Lipinski definition) is 6. The summed E-state index contributed by atoms with van der Waals surface area (Å²) in [5, 5.41) is 2.75. The van der Waals surface area contributed by atoms with Gasteiger partial charge in [0.1, 0.15) is 0 Å². The molecular weight excluding hydrogens is 324 g/mol. The predicted octanol–water partition coefficient (Wildman–Crippen LogP) is 2.54. The maximum atomic E-state index is 12.1. The maximum Gasteiger partial charge on any atom is 0.255 e. The number of aryl methyl sites for hydroxylation is 1. The first-order chi connectivity index (χ1) is 12.2. The van der Waals surface area contributed by atoms with Gasteiger partial charge in [0.15, 0.2) is 17.6 Å². The maximum absolute atomic E-state index is 12.1. The molecule has 1 atom stereocenters. The third kappa shape index (κ3) is 4.46. The molecule has 0 saturated carbocycles. The molecule has 25 heavy (non-hydrogen) atoms. The largest absolute Gasteiger partial charge is 0.493 e. The van der Waals surface area contributed by atoms with E-state index in [4.69, 9.17) is 18.9 Å². The summed E-state index contributed by atoms with van der Waals surface area (Å²) >= 11 is 0. The molecule has 2 aromatic rings. The van der Waals surface area contributed by atoms with Gasteiger partial charge in [0, 0.05) is 6.07 Å². The van der Waals surface area contributed by atoms with E-state index in [2.05, 4.69) is 10.3 Å². The zero-order chi connectivity index (χ0) is 17.6. The second kappa shape index (κ2) is 7.96. The minimum Gasteiger partial charge on any atom is -0.493 e. The van der Waals surface area contributed by atoms with Gasteiger partial charge in [0.2, 0.25) is 5.88 Å². The van der Waals surface area contributed by atoms with E-state index in [1.807, 2.05) is 25.1 Å². The average Bonchev–Trinajstić information content (AvgIpc) is 2.65. The summed E-state index contributed by atoms with van der Waals surface area (Å²) in [7, 11) is 1.59. The van der Waals surface area contributed by atoms with Crippen LogP contribution in [0.15, 0.2) is 36.5 Å². The number of nitrogens with zero attached hydrogens (tertiary/aromatic N) is 1. The highest BCUT2D eigenvalue weighted by molar-refractivity contribution is 5.94. The highest BCUT2D eigenvalue weighted by atomic mass is 16.6. The van der Waals surface area contributed by atoms with Crippen LogP contribution >= 0.6 is 0 Å². The summed E-state index contributed by atoms with van der Waals surface area (Å²) in [6.07, 6.45) is 0.930. The molecule has 132 valence electrons. The fraction of sp³-hybridized carbons (Fsp3) is 0.333. The van der Waals surface area contributed by atoms with Crippen LogP contribution in [-0.4, -0.2) is 43.9 Å². The Bertz CT molecular complexity index is 727. The van der Waals surface area contributed by atoms with E-state index >= 15 is 0 Å². The van der Waals surface area contributed by atoms with Gasteiger partial charge in [0.25, 0.3) is 5.91 Å². The Kier molecular flexibility index (Phi) is 5.47. The summed E-state index contributed by atoms with van der Waals surface area (Å²) in [6.45, 7) is 3.16. The quantitative estimate of drug-likeness (QED) is 0.898. The van der Waals surface area contributed by atoms with Crippen LogP contribution in [0.25, 0.3) is 0 Å². The van der Waals surface area contributed by atoms with Gasteiger partial charge in [-0.15, -0.1) is 0 Å². The molecular formula is C18H20N2O5. The molecule has 1 aromatic heterocycles. The van der Waals surface area contributed by atoms with Crippen molar-refractivity contribution in [3.63, 3.8) is 0 Å². The van der Waals surface area contributed by atoms with Gasteiger partial charge in [-0.1, -0.05) is 6.07 Å². The normalized spacial score (nSPS) is 17.0. The van der Waals surface area contributed by atoms with Crippen molar-refractivity contribution in [2.24, 2.45) is 0 Å². The van der Waals surface area contributed by atoms with Gasteiger partial charge in [-0.25, -0.2) is 4.98 Å². The molecule has 1 aromatic carbocycles. The van der Waals surface area contributed by atoms with E-state index in [0.717, 1.165) is 5.56 Å². The van der Waals surface area contributed by atoms with Crippen molar-refractivity contribution in [3.05, 3.63) is 42.1 Å². The molecule has 1 fully saturated rings. The number of rotatable bonds is 5. The number of pyridine rings is 1. The Hall–Kier alpha value is -2.64. The molecule has 7 heteroatoms. The molecule has 7 nitrogen and oxygen atoms in total. The number of amides is 1. The van der Waals surface area contributed by atoms with Crippen molar-refractivity contribution < 1.29 is 23.7 Å². The number of carbonyl (C=O) groups excluding carboxylic acids is 1. The fourth-order valence-corrected chi connectivity index (χ4v) is 2.35. The van der Waals surface area contributed by atoms with Gasteiger partial charge in [0.05, 0.1) is 38.8 Å². The minimum absolute atomic E-state index is 0.254. The first-order valence-electron chi connectivity index (χ1n) is 7.94. The molecule has 1 aliphatic heterocycles. The van der Waals surface area contributed by atoms with Crippen LogP contribution in [0.2, 0.25) is 0 Å². The Labute approximate surface area is 145 Å². The van der Waals surface area contributed by atoms with Crippen molar-refractivity contribution >= 4 is 11.6 Å². The second-order valence-corrected chi connectivity index (χ2v) is 5.57. The van der Waals surface area contributed by atoms with Crippen LogP contribution < -0.4 is 14.8 Å². The number of aromatic nitrogens is 1. The lowest BCUT2D eigenvalue weighted by molar-refractivity contribution is -0.142. The summed E-state index contributed by atoms with van der Waals surface area (Å²) in [5.41, 5.74) is 1.63. The SMILES string of the molecule is COc1cc(C)ccc1Oc1ccc(NC(=O)C2COCCO2)cn1. The smallest absolute Gasteiger partial charge is 0.255 e. The number of benzene rings is 1. The zero-order valence-corrected chi connectivity index (χ0v) is 14.2. The van der Waals surface area contributed by atoms with Crippen LogP contribution in [-0.2, 0) is 14.3 Å². The monoisotopic (exact) mass is 344 g/mol. The fourth-order valence-electron chi connectivity index (χ4n) is 2.35. The van der Waals surface area contributed by atoms with Crippen LogP contribution in [0.1, 0.15) is 5.56 Å². The van der Waals surface area contributed by atoms with Crippen molar-refractivity contribution in [1.82, 2.24) is 4.98 Å². The molecule has 1 N–H and O–H groups in total. The van der Waals surface area contributed by atoms with Gasteiger partial charge in [-0.3, -0.25) is 4.79 Å². The lowest BCUT2D eigenvalue weighted by Gasteiger charge is -2.21. The predicted molar refractivity (Wildman–Crippen MR) is 91.2 cm³/mol. The number of anilines is 1. The molecule has 1 unspecified atom stereocenters. The molecule has 0 bridgehead atoms. The Morgan fingerprint density at radius 2 is 2.12 bits per heavy atom. The standard InChI is InChI=1S/C18H20N2O5/c1-12-3-5-14(15(9-12)22-2)25-17-6-4-13(10-19-17)20-18(21)16-11-23-7-8-24-16/h3-6,9-10,16H,7-8,11H2,1-2H3,(H,20,21). The van der Waals surface area contributed by atoms with Gasteiger partial charge in [-0.05, 0) is 30.7 Å². The minimum atomic E-state index is -0.596. The van der Waals surface area contributed by atoms with Crippen LogP contribution in [0.5, 0.6) is 17.4 Å². The first-order valence-corrected chi connectivity index (χ1v) is 7.94. The highest BCUT2D eigenvalue weighted by Crippen LogP contribution is 2.31. The van der Waals surface area contributed by atoms with E-state index < -0.39 is 6.10 Å². The lowest BCUT2D eigenvalue weighted by Crippen LogP contribution is -2.39. The molecule has 3 rings (SSSR count). The Morgan fingerprint density at radius 3 is 2.80 bits per heavy atom. The molecule has 1 saturated heterocycles. The van der Waals surface area contributed by atoms with Crippen LogP contribution in [0.4, 0.5) is 5.69 Å². The van der Waals surface area contributed by atoms with E-state index in [0.29, 0.717) is 36.3 Å². The topological polar surface area (TPSA) is 78.9 Å². The lowest BCUT2D eigenvalue weighted by atomic mass is 10.2. The summed E-state index contributed by atoms with van der Waals surface area (Å²) in [4.78, 5) is 16.3. The average molecular weight is 344 g/mol. The number of ether oxygens (including phenoxy) is 4. The summed E-state index contributed by atoms with van der Waals surface area (Å²) < 4.78 is 21.6. The molecule has 0 radical (unpaired) electrons.